The summed E-state index contributed by atoms with van der Waals surface area (Å²) < 4.78 is 12.4. The first-order chi connectivity index (χ1) is 29.7. The van der Waals surface area contributed by atoms with Crippen LogP contribution in [0.4, 0.5) is 0 Å². The lowest BCUT2D eigenvalue weighted by Gasteiger charge is -2.51. The summed E-state index contributed by atoms with van der Waals surface area (Å²) in [6, 6.07) is 14.9. The van der Waals surface area contributed by atoms with Crippen molar-refractivity contribution in [2.75, 3.05) is 40.3 Å². The Morgan fingerprint density at radius 2 is 0.984 bits per heavy atom. The van der Waals surface area contributed by atoms with Crippen LogP contribution < -0.4 is 26.6 Å². The molecule has 2 aromatic carbocycles. The summed E-state index contributed by atoms with van der Waals surface area (Å²) in [5.41, 5.74) is 2.35. The Morgan fingerprint density at radius 1 is 0.557 bits per heavy atom. The molecule has 0 aliphatic heterocycles. The Bertz CT molecular complexity index is 2110. The van der Waals surface area contributed by atoms with Gasteiger partial charge in [0.25, 0.3) is 0 Å². The molecule has 4 aromatic rings. The number of rotatable bonds is 16. The number of H-pyrrole nitrogens is 2. The van der Waals surface area contributed by atoms with E-state index < -0.39 is 71.5 Å². The number of para-hydroxylation sites is 2. The molecule has 7 N–H and O–H groups in total. The van der Waals surface area contributed by atoms with Crippen molar-refractivity contribution in [3.05, 3.63) is 72.1 Å². The maximum absolute atomic E-state index is 14.8. The number of nitrogens with one attached hydrogen (secondary N) is 7. The number of carbonyl (C=O) groups excluding carboxylic acids is 6. The largest absolute Gasteiger partial charge is 0.458 e. The van der Waals surface area contributed by atoms with Gasteiger partial charge in [-0.1, -0.05) is 36.4 Å². The molecule has 6 saturated carbocycles. The van der Waals surface area contributed by atoms with Gasteiger partial charge in [0.15, 0.2) is 0 Å². The smallest absolute Gasteiger partial charge is 0.340 e. The molecule has 10 atom stereocenters. The van der Waals surface area contributed by atoms with E-state index in [1.54, 1.807) is 12.4 Å². The molecule has 0 radical (unpaired) electrons. The second-order valence-electron chi connectivity index (χ2n) is 17.3. The van der Waals surface area contributed by atoms with E-state index in [9.17, 15) is 28.8 Å². The summed E-state index contributed by atoms with van der Waals surface area (Å²) in [5.74, 6) is -7.83. The van der Waals surface area contributed by atoms with Gasteiger partial charge in [-0.05, 0) is 103 Å². The van der Waals surface area contributed by atoms with Crippen LogP contribution in [0.3, 0.4) is 0 Å². The van der Waals surface area contributed by atoms with Crippen LogP contribution >= 0.6 is 0 Å². The van der Waals surface area contributed by atoms with Crippen LogP contribution in [0.15, 0.2) is 60.9 Å². The van der Waals surface area contributed by atoms with E-state index in [1.807, 2.05) is 62.6 Å². The Kier molecular flexibility index (Phi) is 12.9. The summed E-state index contributed by atoms with van der Waals surface area (Å²) in [6.45, 7) is 2.23. The van der Waals surface area contributed by atoms with Crippen molar-refractivity contribution in [1.29, 1.82) is 0 Å². The number of carbonyl (C=O) groups is 6. The molecule has 6 aliphatic carbocycles. The molecule has 61 heavy (non-hydrogen) atoms. The molecular weight excluding hydrogens is 779 g/mol. The quantitative estimate of drug-likeness (QED) is 0.0493. The number of esters is 2. The number of benzene rings is 2. The van der Waals surface area contributed by atoms with Crippen LogP contribution in [0.5, 0.6) is 0 Å². The molecule has 0 spiro atoms. The summed E-state index contributed by atoms with van der Waals surface area (Å²) in [6.07, 6.45) is 6.54. The normalized spacial score (nSPS) is 27.7. The lowest BCUT2D eigenvalue weighted by atomic mass is 9.56. The molecule has 10 rings (SSSR count). The highest BCUT2D eigenvalue weighted by atomic mass is 16.5. The molecule has 15 nitrogen and oxygen atoms in total. The van der Waals surface area contributed by atoms with E-state index in [0.717, 1.165) is 21.8 Å². The average Bonchev–Trinajstić information content (AvgIpc) is 3.92. The number of hydrogen-bond acceptors (Lipinski definition) is 10. The van der Waals surface area contributed by atoms with E-state index in [0.29, 0.717) is 88.7 Å². The molecule has 4 bridgehead atoms. The van der Waals surface area contributed by atoms with E-state index in [-0.39, 0.29) is 23.7 Å². The third-order valence-corrected chi connectivity index (χ3v) is 13.9. The third kappa shape index (κ3) is 8.54. The minimum absolute atomic E-state index is 0.264. The third-order valence-electron chi connectivity index (χ3n) is 13.9. The van der Waals surface area contributed by atoms with Crippen molar-refractivity contribution in [2.24, 2.45) is 47.3 Å². The van der Waals surface area contributed by atoms with Gasteiger partial charge in [0.05, 0.1) is 34.8 Å². The fourth-order valence-corrected chi connectivity index (χ4v) is 11.1. The number of amides is 4. The minimum Gasteiger partial charge on any atom is -0.458 e. The molecule has 2 heterocycles. The first-order valence-electron chi connectivity index (χ1n) is 21.9. The number of ether oxygens (including phenoxy) is 2. The number of fused-ring (bicyclic) bond motifs is 8. The molecule has 324 valence electrons. The van der Waals surface area contributed by atoms with Crippen molar-refractivity contribution in [2.45, 2.75) is 63.6 Å². The van der Waals surface area contributed by atoms with E-state index >= 15 is 0 Å². The summed E-state index contributed by atoms with van der Waals surface area (Å²) in [7, 11) is 3.67. The maximum Gasteiger partial charge on any atom is 0.340 e. The number of hydrogen-bond donors (Lipinski definition) is 7. The minimum atomic E-state index is -0.966. The SMILES string of the molecule is CNCCCNC(=O)C1C2CCC(C(OC(=O)c3c[nH]c4ccccc34)C2)C1C(=O)NC(=O)C1C2CCC(CC2OC(=O)c2c[nH]c3ccccc23)C1C(=O)NCCCNC. The van der Waals surface area contributed by atoms with Crippen molar-refractivity contribution in [1.82, 2.24) is 36.6 Å². The molecule has 0 saturated heterocycles. The Balaban J connectivity index is 1.05. The van der Waals surface area contributed by atoms with Crippen LogP contribution in [0.1, 0.15) is 72.1 Å². The molecule has 6 fully saturated rings. The average molecular weight is 836 g/mol. The second-order valence-corrected chi connectivity index (χ2v) is 17.3. The standard InChI is InChI=1S/C46H57N7O8/c1-47-17-7-19-49-41(54)37-25-13-15-29(35(21-25)60-45(58)31-23-51-33-11-5-3-9-27(31)33)39(37)43(56)53-44(57)40-30-16-14-26(38(40)42(55)50-20-8-18-48-2)22-36(30)61-46(59)32-24-52-34-12-6-4-10-28(32)34/h3-6,9-12,23-26,29-30,35-40,47-48,51-52H,7-8,13-22H2,1-2H3,(H,49,54)(H,50,55)(H,53,56,57). The number of aromatic nitrogens is 2. The maximum atomic E-state index is 14.8. The van der Waals surface area contributed by atoms with E-state index in [1.165, 1.54) is 0 Å². The van der Waals surface area contributed by atoms with Crippen LogP contribution in [0, 0.1) is 47.3 Å². The van der Waals surface area contributed by atoms with Gasteiger partial charge in [-0.3, -0.25) is 24.5 Å². The molecular formula is C46H57N7O8. The summed E-state index contributed by atoms with van der Waals surface area (Å²) in [5, 5.41) is 16.4. The van der Waals surface area contributed by atoms with Crippen molar-refractivity contribution in [3.63, 3.8) is 0 Å². The van der Waals surface area contributed by atoms with Crippen LogP contribution in [0.2, 0.25) is 0 Å². The van der Waals surface area contributed by atoms with Crippen LogP contribution in [-0.2, 0) is 28.7 Å². The van der Waals surface area contributed by atoms with Gasteiger partial charge in [0, 0.05) is 59.1 Å². The highest BCUT2D eigenvalue weighted by Crippen LogP contribution is 2.52. The zero-order valence-electron chi connectivity index (χ0n) is 34.8. The summed E-state index contributed by atoms with van der Waals surface area (Å²) >= 11 is 0. The predicted octanol–water partition coefficient (Wildman–Crippen LogP) is 3.82. The zero-order chi connectivity index (χ0) is 42.6. The molecule has 6 aliphatic rings. The van der Waals surface area contributed by atoms with Crippen LogP contribution in [-0.4, -0.2) is 98.0 Å². The monoisotopic (exact) mass is 835 g/mol. The first kappa shape index (κ1) is 42.2. The van der Waals surface area contributed by atoms with Gasteiger partial charge in [0.1, 0.15) is 12.2 Å². The number of aromatic amines is 2. The number of imide groups is 1. The highest BCUT2D eigenvalue weighted by Gasteiger charge is 2.58. The van der Waals surface area contributed by atoms with Gasteiger partial charge in [-0.25, -0.2) is 9.59 Å². The van der Waals surface area contributed by atoms with Gasteiger partial charge < -0.3 is 40.7 Å². The summed E-state index contributed by atoms with van der Waals surface area (Å²) in [4.78, 5) is 91.2. The fraction of sp³-hybridized carbons (Fsp3) is 0.522. The lowest BCUT2D eigenvalue weighted by Crippen LogP contribution is -2.61. The molecule has 15 heteroatoms. The Hall–Kier alpha value is -5.54. The Labute approximate surface area is 354 Å². The zero-order valence-corrected chi connectivity index (χ0v) is 34.8. The van der Waals surface area contributed by atoms with Crippen LogP contribution in [0.25, 0.3) is 21.8 Å². The van der Waals surface area contributed by atoms with Crippen molar-refractivity contribution in [3.8, 4) is 0 Å². The first-order valence-corrected chi connectivity index (χ1v) is 21.9. The van der Waals surface area contributed by atoms with E-state index in [2.05, 4.69) is 36.6 Å². The lowest BCUT2D eigenvalue weighted by molar-refractivity contribution is -0.162. The van der Waals surface area contributed by atoms with Gasteiger partial charge >= 0.3 is 11.9 Å². The van der Waals surface area contributed by atoms with Crippen molar-refractivity contribution >= 4 is 57.4 Å². The van der Waals surface area contributed by atoms with Gasteiger partial charge in [0.2, 0.25) is 23.6 Å². The molecule has 2 aromatic heterocycles. The second kappa shape index (κ2) is 18.6. The molecule has 4 amide bonds. The fourth-order valence-electron chi connectivity index (χ4n) is 11.1. The van der Waals surface area contributed by atoms with Gasteiger partial charge in [-0.15, -0.1) is 0 Å². The van der Waals surface area contributed by atoms with Gasteiger partial charge in [-0.2, -0.15) is 0 Å². The topological polar surface area (TPSA) is 213 Å². The molecule has 10 unspecified atom stereocenters. The highest BCUT2D eigenvalue weighted by molar-refractivity contribution is 6.05. The predicted molar refractivity (Wildman–Crippen MR) is 227 cm³/mol. The Morgan fingerprint density at radius 3 is 1.41 bits per heavy atom. The van der Waals surface area contributed by atoms with E-state index in [4.69, 9.17) is 9.47 Å². The van der Waals surface area contributed by atoms with Crippen molar-refractivity contribution < 1.29 is 38.2 Å².